The molecule has 0 spiro atoms. The summed E-state index contributed by atoms with van der Waals surface area (Å²) in [6.45, 7) is 1.36. The number of benzene rings is 3. The summed E-state index contributed by atoms with van der Waals surface area (Å²) in [6.07, 6.45) is 0.726. The van der Waals surface area contributed by atoms with E-state index in [0.29, 0.717) is 42.7 Å². The topological polar surface area (TPSA) is 36.9 Å². The van der Waals surface area contributed by atoms with Crippen LogP contribution in [0.4, 0.5) is 22.1 Å². The number of rotatable bonds is 7. The molecule has 0 amide bonds. The Morgan fingerprint density at radius 1 is 0.757 bits per heavy atom. The quantitative estimate of drug-likeness (QED) is 0.297. The Balaban J connectivity index is 1.22. The first kappa shape index (κ1) is 25.5. The second kappa shape index (κ2) is 10.7. The lowest BCUT2D eigenvalue weighted by atomic mass is 9.91. The Morgan fingerprint density at radius 3 is 1.84 bits per heavy atom. The van der Waals surface area contributed by atoms with Crippen molar-refractivity contribution in [3.8, 4) is 22.6 Å². The summed E-state index contributed by atoms with van der Waals surface area (Å²) < 4.78 is 85.0. The molecule has 196 valence electrons. The van der Waals surface area contributed by atoms with Crippen molar-refractivity contribution in [2.75, 3.05) is 13.2 Å². The van der Waals surface area contributed by atoms with Gasteiger partial charge in [-0.2, -0.15) is 8.78 Å². The Hall–Kier alpha value is -3.17. The van der Waals surface area contributed by atoms with Crippen LogP contribution in [0.25, 0.3) is 11.1 Å². The van der Waals surface area contributed by atoms with Crippen LogP contribution in [0.1, 0.15) is 43.1 Å². The van der Waals surface area contributed by atoms with Crippen molar-refractivity contribution in [2.24, 2.45) is 11.8 Å². The fourth-order valence-corrected chi connectivity index (χ4v) is 4.98. The molecule has 3 aromatic carbocycles. The minimum absolute atomic E-state index is 0.413. The molecule has 2 fully saturated rings. The van der Waals surface area contributed by atoms with E-state index in [-0.39, 0.29) is 0 Å². The fraction of sp³-hybridized carbons (Fsp3) is 0.357. The van der Waals surface area contributed by atoms with Crippen molar-refractivity contribution in [1.29, 1.82) is 0 Å². The molecule has 37 heavy (non-hydrogen) atoms. The van der Waals surface area contributed by atoms with E-state index < -0.39 is 41.1 Å². The van der Waals surface area contributed by atoms with E-state index >= 15 is 0 Å². The van der Waals surface area contributed by atoms with Gasteiger partial charge in [-0.1, -0.05) is 62.1 Å². The molecule has 1 saturated carbocycles. The minimum Gasteiger partial charge on any atom is -0.429 e. The van der Waals surface area contributed by atoms with Crippen LogP contribution >= 0.6 is 0 Å². The van der Waals surface area contributed by atoms with Crippen LogP contribution in [0.3, 0.4) is 0 Å². The zero-order valence-corrected chi connectivity index (χ0v) is 19.8. The highest BCUT2D eigenvalue weighted by atomic mass is 19.3. The molecule has 0 N–H and O–H groups in total. The van der Waals surface area contributed by atoms with E-state index in [4.69, 9.17) is 9.47 Å². The van der Waals surface area contributed by atoms with Crippen LogP contribution in [0.2, 0.25) is 0 Å². The van der Waals surface area contributed by atoms with Gasteiger partial charge in [0.1, 0.15) is 5.75 Å². The van der Waals surface area contributed by atoms with Gasteiger partial charge in [-0.05, 0) is 29.2 Å². The molecule has 0 aromatic heterocycles. The van der Waals surface area contributed by atoms with Crippen LogP contribution < -0.4 is 9.68 Å². The molecule has 5 rings (SSSR count). The van der Waals surface area contributed by atoms with E-state index in [1.54, 1.807) is 0 Å². The molecule has 1 heterocycles. The third-order valence-corrected chi connectivity index (χ3v) is 7.02. The van der Waals surface area contributed by atoms with Gasteiger partial charge >= 0.3 is 6.11 Å². The van der Waals surface area contributed by atoms with Gasteiger partial charge in [0.05, 0.1) is 18.8 Å². The van der Waals surface area contributed by atoms with Gasteiger partial charge in [0.15, 0.2) is 17.9 Å². The molecule has 1 saturated heterocycles. The van der Waals surface area contributed by atoms with Crippen molar-refractivity contribution >= 4 is 0 Å². The highest BCUT2D eigenvalue weighted by molar-refractivity contribution is 5.64. The zero-order chi connectivity index (χ0) is 26.0. The van der Waals surface area contributed by atoms with Crippen molar-refractivity contribution in [3.05, 3.63) is 83.4 Å². The molecule has 4 nitrogen and oxygen atoms in total. The SMILES string of the molecule is FOc1c(F)cc(OC(F)(F)c2ccc(-c3ccc(C4OCC(C5CCCC5)CO4)cc3)cc2)cc1F. The van der Waals surface area contributed by atoms with Gasteiger partial charge in [-0.3, -0.25) is 4.94 Å². The Bertz CT molecular complexity index is 1180. The Labute approximate surface area is 210 Å². The van der Waals surface area contributed by atoms with Crippen molar-refractivity contribution in [1.82, 2.24) is 0 Å². The summed E-state index contributed by atoms with van der Waals surface area (Å²) in [5, 5.41) is 0. The van der Waals surface area contributed by atoms with Gasteiger partial charge in [0, 0.05) is 28.1 Å². The van der Waals surface area contributed by atoms with Crippen LogP contribution in [0, 0.1) is 23.5 Å². The summed E-state index contributed by atoms with van der Waals surface area (Å²) in [4.78, 5) is 3.06. The van der Waals surface area contributed by atoms with Crippen molar-refractivity contribution in [2.45, 2.75) is 38.1 Å². The highest BCUT2D eigenvalue weighted by Crippen LogP contribution is 2.38. The molecule has 3 aromatic rings. The standard InChI is InChI=1S/C28H25F5O4/c29-24-13-23(14-25(30)26(24)37-33)36-28(31,32)22-11-9-19(10-12-22)18-5-7-20(8-6-18)27-34-15-21(16-35-27)17-3-1-2-4-17/h5-14,17,21,27H,1-4,15-16H2. The van der Waals surface area contributed by atoms with Crippen molar-refractivity contribution in [3.63, 3.8) is 0 Å². The number of halogens is 5. The van der Waals surface area contributed by atoms with Gasteiger partial charge in [-0.25, -0.2) is 8.78 Å². The minimum atomic E-state index is -3.90. The predicted octanol–water partition coefficient (Wildman–Crippen LogP) is 7.88. The highest BCUT2D eigenvalue weighted by Gasteiger charge is 2.35. The maximum absolute atomic E-state index is 14.6. The molecule has 1 aliphatic heterocycles. The smallest absolute Gasteiger partial charge is 0.426 e. The van der Waals surface area contributed by atoms with Crippen LogP contribution in [-0.2, 0) is 15.6 Å². The van der Waals surface area contributed by atoms with Gasteiger partial charge in [0.25, 0.3) is 0 Å². The summed E-state index contributed by atoms with van der Waals surface area (Å²) in [6, 6.07) is 13.6. The maximum Gasteiger partial charge on any atom is 0.426 e. The lowest BCUT2D eigenvalue weighted by molar-refractivity contribution is -0.212. The second-order valence-corrected chi connectivity index (χ2v) is 9.41. The van der Waals surface area contributed by atoms with E-state index in [0.717, 1.165) is 23.3 Å². The maximum atomic E-state index is 14.6. The second-order valence-electron chi connectivity index (χ2n) is 9.41. The summed E-state index contributed by atoms with van der Waals surface area (Å²) in [5.41, 5.74) is 1.83. The third-order valence-electron chi connectivity index (χ3n) is 7.02. The summed E-state index contributed by atoms with van der Waals surface area (Å²) >= 11 is 0. The monoisotopic (exact) mass is 520 g/mol. The van der Waals surface area contributed by atoms with Gasteiger partial charge < -0.3 is 14.2 Å². The van der Waals surface area contributed by atoms with Gasteiger partial charge in [-0.15, -0.1) is 0 Å². The number of ether oxygens (including phenoxy) is 3. The lowest BCUT2D eigenvalue weighted by Crippen LogP contribution is -2.31. The molecular weight excluding hydrogens is 495 g/mol. The first-order valence-corrected chi connectivity index (χ1v) is 12.1. The van der Waals surface area contributed by atoms with Crippen LogP contribution in [-0.4, -0.2) is 13.2 Å². The van der Waals surface area contributed by atoms with E-state index in [1.165, 1.54) is 37.8 Å². The molecule has 1 aliphatic carbocycles. The number of hydrogen-bond acceptors (Lipinski definition) is 4. The molecule has 2 aliphatic rings. The Morgan fingerprint density at radius 2 is 1.30 bits per heavy atom. The first-order valence-electron chi connectivity index (χ1n) is 12.1. The predicted molar refractivity (Wildman–Crippen MR) is 125 cm³/mol. The van der Waals surface area contributed by atoms with E-state index in [1.807, 2.05) is 24.3 Å². The number of hydrogen-bond donors (Lipinski definition) is 0. The van der Waals surface area contributed by atoms with Crippen LogP contribution in [0.15, 0.2) is 60.7 Å². The molecule has 0 unspecified atom stereocenters. The third kappa shape index (κ3) is 5.57. The molecule has 0 bridgehead atoms. The fourth-order valence-electron chi connectivity index (χ4n) is 4.98. The van der Waals surface area contributed by atoms with E-state index in [2.05, 4.69) is 9.68 Å². The first-order chi connectivity index (χ1) is 17.8. The average Bonchev–Trinajstić information content (AvgIpc) is 3.44. The summed E-state index contributed by atoms with van der Waals surface area (Å²) in [7, 11) is 0. The summed E-state index contributed by atoms with van der Waals surface area (Å²) in [5.74, 6) is -4.04. The largest absolute Gasteiger partial charge is 0.429 e. The molecule has 0 radical (unpaired) electrons. The molecule has 9 heteroatoms. The average molecular weight is 520 g/mol. The molecular formula is C28H25F5O4. The number of alkyl halides is 2. The molecule has 0 atom stereocenters. The van der Waals surface area contributed by atoms with Gasteiger partial charge in [0.2, 0.25) is 5.75 Å². The zero-order valence-electron chi connectivity index (χ0n) is 19.8. The van der Waals surface area contributed by atoms with Crippen molar-refractivity contribution < 1.29 is 41.2 Å². The normalized spacial score (nSPS) is 20.7. The lowest BCUT2D eigenvalue weighted by Gasteiger charge is -2.32. The van der Waals surface area contributed by atoms with Crippen LogP contribution in [0.5, 0.6) is 11.5 Å². The van der Waals surface area contributed by atoms with E-state index in [9.17, 15) is 22.1 Å². The Kier molecular flexibility index (Phi) is 7.35.